The van der Waals surface area contributed by atoms with Crippen molar-refractivity contribution in [2.24, 2.45) is 35.5 Å². The van der Waals surface area contributed by atoms with Gasteiger partial charge in [0.25, 0.3) is 0 Å². The van der Waals surface area contributed by atoms with E-state index in [9.17, 15) is 0 Å². The summed E-state index contributed by atoms with van der Waals surface area (Å²) in [7, 11) is 10.1. The molecule has 0 unspecified atom stereocenters. The van der Waals surface area contributed by atoms with E-state index in [1.54, 1.807) is 14.1 Å². The summed E-state index contributed by atoms with van der Waals surface area (Å²) in [4.78, 5) is 18.5. The Morgan fingerprint density at radius 1 is 0.833 bits per heavy atom. The molecule has 0 aliphatic heterocycles. The molecule has 0 bridgehead atoms. The molecular formula is C16H24N10S4. The van der Waals surface area contributed by atoms with E-state index in [0.29, 0.717) is 21.6 Å². The number of hydrogen-bond donors (Lipinski definition) is 4. The third-order valence-electron chi connectivity index (χ3n) is 4.07. The molecule has 0 aliphatic carbocycles. The van der Waals surface area contributed by atoms with E-state index in [1.165, 1.54) is 21.6 Å². The molecular weight excluding hydrogens is 461 g/mol. The Balaban J connectivity index is 2.39. The molecule has 162 valence electrons. The van der Waals surface area contributed by atoms with Crippen LogP contribution in [0.2, 0.25) is 0 Å². The molecule has 0 radical (unpaired) electrons. The molecule has 0 amide bonds. The van der Waals surface area contributed by atoms with Crippen LogP contribution < -0.4 is 22.1 Å². The van der Waals surface area contributed by atoms with Crippen LogP contribution in [0.25, 0.3) is 0 Å². The summed E-state index contributed by atoms with van der Waals surface area (Å²) in [6.07, 6.45) is 0. The lowest BCUT2D eigenvalue weighted by molar-refractivity contribution is 0.784. The number of hydrogen-bond acceptors (Lipinski definition) is 8. The standard InChI is InChI=1S/C16H24N10S4/c1-7-21-11(23-9(17)13(27)19-3)15(25(7)5)29-30-16-12(22-8(2)26(16)6)24-10(18)14(28)20-4/h1-6H3,(H2,17,23)(H2,18,24)(H,19,27)(H,20,28). The van der Waals surface area contributed by atoms with Gasteiger partial charge in [0.15, 0.2) is 23.3 Å². The van der Waals surface area contributed by atoms with Crippen molar-refractivity contribution in [1.29, 1.82) is 0 Å². The molecule has 6 N–H and O–H groups in total. The highest BCUT2D eigenvalue weighted by molar-refractivity contribution is 8.76. The molecule has 0 aromatic carbocycles. The Kier molecular flexibility index (Phi) is 8.23. The second kappa shape index (κ2) is 10.2. The van der Waals surface area contributed by atoms with Crippen molar-refractivity contribution in [3.63, 3.8) is 0 Å². The quantitative estimate of drug-likeness (QED) is 0.214. The van der Waals surface area contributed by atoms with Gasteiger partial charge in [-0.2, -0.15) is 0 Å². The molecule has 0 saturated carbocycles. The number of likely N-dealkylation sites (N-methyl/N-ethyl adjacent to an activating group) is 2. The summed E-state index contributed by atoms with van der Waals surface area (Å²) in [6.45, 7) is 3.79. The number of thiocarbonyl (C=S) groups is 2. The maximum Gasteiger partial charge on any atom is 0.187 e. The van der Waals surface area contributed by atoms with Gasteiger partial charge in [-0.15, -0.1) is 0 Å². The lowest BCUT2D eigenvalue weighted by Crippen LogP contribution is -2.31. The fraction of sp³-hybridized carbons (Fsp3) is 0.375. The van der Waals surface area contributed by atoms with Crippen molar-refractivity contribution in [2.45, 2.75) is 23.9 Å². The zero-order valence-corrected chi connectivity index (χ0v) is 20.7. The highest BCUT2D eigenvalue weighted by Gasteiger charge is 2.19. The van der Waals surface area contributed by atoms with Gasteiger partial charge in [0.1, 0.15) is 31.7 Å². The van der Waals surface area contributed by atoms with Crippen LogP contribution in [-0.2, 0) is 14.1 Å². The van der Waals surface area contributed by atoms with Crippen LogP contribution in [0.4, 0.5) is 11.6 Å². The van der Waals surface area contributed by atoms with E-state index >= 15 is 0 Å². The third kappa shape index (κ3) is 5.30. The molecule has 0 fully saturated rings. The van der Waals surface area contributed by atoms with Crippen molar-refractivity contribution in [2.75, 3.05) is 14.1 Å². The molecule has 0 spiro atoms. The van der Waals surface area contributed by atoms with Gasteiger partial charge in [-0.3, -0.25) is 0 Å². The van der Waals surface area contributed by atoms with Crippen molar-refractivity contribution in [3.8, 4) is 0 Å². The molecule has 0 atom stereocenters. The fourth-order valence-electron chi connectivity index (χ4n) is 2.14. The maximum atomic E-state index is 5.96. The first-order valence-corrected chi connectivity index (χ1v) is 11.6. The molecule has 2 rings (SSSR count). The summed E-state index contributed by atoms with van der Waals surface area (Å²) in [6, 6.07) is 0. The number of nitrogens with zero attached hydrogens (tertiary/aromatic N) is 6. The van der Waals surface area contributed by atoms with Crippen LogP contribution in [-0.4, -0.2) is 54.8 Å². The van der Waals surface area contributed by atoms with Crippen molar-refractivity contribution >= 4 is 79.3 Å². The summed E-state index contributed by atoms with van der Waals surface area (Å²) >= 11 is 10.3. The zero-order valence-electron chi connectivity index (χ0n) is 17.5. The van der Waals surface area contributed by atoms with Gasteiger partial charge >= 0.3 is 0 Å². The van der Waals surface area contributed by atoms with Crippen LogP contribution in [0.5, 0.6) is 0 Å². The third-order valence-corrected chi connectivity index (χ3v) is 7.41. The van der Waals surface area contributed by atoms with E-state index in [-0.39, 0.29) is 11.7 Å². The number of nitrogens with two attached hydrogens (primary N) is 2. The molecule has 2 heterocycles. The second-order valence-electron chi connectivity index (χ2n) is 6.01. The van der Waals surface area contributed by atoms with Gasteiger partial charge in [0, 0.05) is 28.2 Å². The minimum atomic E-state index is 0.201. The van der Waals surface area contributed by atoms with Gasteiger partial charge < -0.3 is 31.2 Å². The molecule has 14 heteroatoms. The topological polar surface area (TPSA) is 136 Å². The first kappa shape index (κ1) is 24.1. The minimum Gasteiger partial charge on any atom is -0.381 e. The number of imidazole rings is 2. The lowest BCUT2D eigenvalue weighted by Gasteiger charge is -2.07. The first-order valence-electron chi connectivity index (χ1n) is 8.64. The number of aliphatic imine (C=N–C) groups is 2. The molecule has 2 aromatic rings. The lowest BCUT2D eigenvalue weighted by atomic mass is 10.5. The highest BCUT2D eigenvalue weighted by atomic mass is 33.1. The van der Waals surface area contributed by atoms with E-state index in [0.717, 1.165) is 21.7 Å². The Labute approximate surface area is 193 Å². The normalized spacial score (nSPS) is 12.2. The number of nitrogens with one attached hydrogen (secondary N) is 2. The highest BCUT2D eigenvalue weighted by Crippen LogP contribution is 2.45. The average molecular weight is 485 g/mol. The van der Waals surface area contributed by atoms with Gasteiger partial charge in [-0.25, -0.2) is 20.0 Å². The number of amidine groups is 2. The Hall–Kier alpha value is -2.16. The molecule has 0 aliphatic rings. The van der Waals surface area contributed by atoms with E-state index in [1.807, 2.05) is 37.1 Å². The summed E-state index contributed by atoms with van der Waals surface area (Å²) in [5.74, 6) is 2.97. The second-order valence-corrected chi connectivity index (χ2v) is 8.94. The van der Waals surface area contributed by atoms with Crippen LogP contribution >= 0.6 is 46.0 Å². The maximum absolute atomic E-state index is 5.96. The van der Waals surface area contributed by atoms with E-state index in [2.05, 4.69) is 30.6 Å². The van der Waals surface area contributed by atoms with Crippen molar-refractivity contribution in [3.05, 3.63) is 11.6 Å². The van der Waals surface area contributed by atoms with Gasteiger partial charge in [0.05, 0.1) is 0 Å². The number of rotatable bonds is 5. The van der Waals surface area contributed by atoms with Crippen molar-refractivity contribution in [1.82, 2.24) is 29.7 Å². The van der Waals surface area contributed by atoms with E-state index in [4.69, 9.17) is 35.9 Å². The Morgan fingerprint density at radius 3 is 1.47 bits per heavy atom. The van der Waals surface area contributed by atoms with Gasteiger partial charge in [-0.05, 0) is 35.4 Å². The van der Waals surface area contributed by atoms with Gasteiger partial charge in [0.2, 0.25) is 0 Å². The minimum absolute atomic E-state index is 0.201. The van der Waals surface area contributed by atoms with Crippen LogP contribution in [0.3, 0.4) is 0 Å². The average Bonchev–Trinajstić information content (AvgIpc) is 3.13. The van der Waals surface area contributed by atoms with Crippen LogP contribution in [0, 0.1) is 13.8 Å². The molecule has 2 aromatic heterocycles. The smallest absolute Gasteiger partial charge is 0.187 e. The zero-order chi connectivity index (χ0) is 22.6. The molecule has 30 heavy (non-hydrogen) atoms. The van der Waals surface area contributed by atoms with Crippen LogP contribution in [0.1, 0.15) is 11.6 Å². The summed E-state index contributed by atoms with van der Waals surface area (Å²) < 4.78 is 3.87. The number of aromatic nitrogens is 4. The van der Waals surface area contributed by atoms with E-state index < -0.39 is 0 Å². The molecule has 10 nitrogen and oxygen atoms in total. The number of aryl methyl sites for hydroxylation is 2. The fourth-order valence-corrected chi connectivity index (χ4v) is 4.80. The predicted molar refractivity (Wildman–Crippen MR) is 133 cm³/mol. The summed E-state index contributed by atoms with van der Waals surface area (Å²) in [5, 5.41) is 7.24. The van der Waals surface area contributed by atoms with Crippen LogP contribution in [0.15, 0.2) is 20.0 Å². The van der Waals surface area contributed by atoms with Crippen molar-refractivity contribution < 1.29 is 0 Å². The largest absolute Gasteiger partial charge is 0.381 e. The SMILES string of the molecule is CNC(=S)/C(N)=N/c1nc(C)n(C)c1SSc1c(/N=C(\N)C(=S)NC)nc(C)n1C. The molecule has 0 saturated heterocycles. The predicted octanol–water partition coefficient (Wildman–Crippen LogP) is 1.64. The Bertz CT molecular complexity index is 951. The summed E-state index contributed by atoms with van der Waals surface area (Å²) in [5.41, 5.74) is 11.9. The Morgan fingerprint density at radius 2 is 1.17 bits per heavy atom. The first-order chi connectivity index (χ1) is 14.1. The monoisotopic (exact) mass is 484 g/mol. The van der Waals surface area contributed by atoms with Gasteiger partial charge in [-0.1, -0.05) is 24.4 Å².